The van der Waals surface area contributed by atoms with Crippen LogP contribution in [-0.4, -0.2) is 58.0 Å². The van der Waals surface area contributed by atoms with Crippen molar-refractivity contribution in [3.63, 3.8) is 0 Å². The molecule has 5 rings (SSSR count). The largest absolute Gasteiger partial charge is 0.350 e. The molecule has 186 valence electrons. The van der Waals surface area contributed by atoms with Crippen molar-refractivity contribution < 1.29 is 13.2 Å². The van der Waals surface area contributed by atoms with Gasteiger partial charge in [-0.05, 0) is 24.5 Å². The monoisotopic (exact) mass is 504 g/mol. The molecule has 36 heavy (non-hydrogen) atoms. The van der Waals surface area contributed by atoms with Crippen LogP contribution in [0.1, 0.15) is 28.9 Å². The van der Waals surface area contributed by atoms with Gasteiger partial charge in [-0.25, -0.2) is 13.4 Å². The number of hydrogen-bond donors (Lipinski definition) is 2. The summed E-state index contributed by atoms with van der Waals surface area (Å²) in [6, 6.07) is 21.1. The number of amides is 1. The van der Waals surface area contributed by atoms with Crippen LogP contribution in [0.3, 0.4) is 0 Å². The first kappa shape index (κ1) is 24.0. The molecule has 1 aliphatic rings. The van der Waals surface area contributed by atoms with Gasteiger partial charge in [0.2, 0.25) is 0 Å². The Kier molecular flexibility index (Phi) is 6.46. The van der Waals surface area contributed by atoms with Gasteiger partial charge >= 0.3 is 0 Å². The second-order valence-electron chi connectivity index (χ2n) is 9.18. The third-order valence-electron chi connectivity index (χ3n) is 6.69. The number of carbonyl (C=O) groups excluding carboxylic acids is 1. The summed E-state index contributed by atoms with van der Waals surface area (Å²) >= 11 is 0. The molecule has 2 aromatic heterocycles. The Morgan fingerprint density at radius 1 is 1.11 bits per heavy atom. The summed E-state index contributed by atoms with van der Waals surface area (Å²) in [7, 11) is -2.03. The number of sulfonamides is 1. The van der Waals surface area contributed by atoms with Crippen molar-refractivity contribution in [3.05, 3.63) is 90.5 Å². The molecule has 0 radical (unpaired) electrons. The molecule has 10 heteroatoms. The molecule has 1 aliphatic heterocycles. The molecule has 3 heterocycles. The number of hydrogen-bond acceptors (Lipinski definition) is 5. The minimum Gasteiger partial charge on any atom is -0.350 e. The first-order valence-corrected chi connectivity index (χ1v) is 13.2. The standard InChI is InChI=1S/C26H28N6O3S/c1-31-16-24(28-19-31)36(34,35)32-14-8-13-26(18-32,21-11-6-3-7-12-21)17-27-25(33)23-15-22(29-30-23)20-9-4-2-5-10-20/h2-7,9-12,15-16,19H,8,13-14,17-18H2,1H3,(H,27,33)(H,29,30). The Morgan fingerprint density at radius 3 is 2.53 bits per heavy atom. The van der Waals surface area contributed by atoms with E-state index in [9.17, 15) is 13.2 Å². The minimum absolute atomic E-state index is 0.0313. The van der Waals surface area contributed by atoms with Crippen molar-refractivity contribution in [3.8, 4) is 11.3 Å². The van der Waals surface area contributed by atoms with E-state index in [0.29, 0.717) is 24.4 Å². The molecule has 1 atom stereocenters. The molecule has 2 aromatic carbocycles. The van der Waals surface area contributed by atoms with Gasteiger partial charge in [-0.1, -0.05) is 60.7 Å². The number of imidazole rings is 1. The van der Waals surface area contributed by atoms with Crippen molar-refractivity contribution >= 4 is 15.9 Å². The van der Waals surface area contributed by atoms with Crippen LogP contribution < -0.4 is 5.32 Å². The maximum atomic E-state index is 13.4. The summed E-state index contributed by atoms with van der Waals surface area (Å²) in [5.74, 6) is -0.287. The van der Waals surface area contributed by atoms with Crippen LogP contribution in [0.25, 0.3) is 11.3 Å². The number of aromatic amines is 1. The van der Waals surface area contributed by atoms with Gasteiger partial charge in [0, 0.05) is 43.9 Å². The van der Waals surface area contributed by atoms with Crippen LogP contribution in [0.5, 0.6) is 0 Å². The Morgan fingerprint density at radius 2 is 1.83 bits per heavy atom. The highest BCUT2D eigenvalue weighted by Gasteiger charge is 2.42. The van der Waals surface area contributed by atoms with E-state index in [2.05, 4.69) is 20.5 Å². The zero-order chi connectivity index (χ0) is 25.2. The van der Waals surface area contributed by atoms with E-state index < -0.39 is 15.4 Å². The number of benzene rings is 2. The predicted octanol–water partition coefficient (Wildman–Crippen LogP) is 2.96. The zero-order valence-corrected chi connectivity index (χ0v) is 20.8. The maximum absolute atomic E-state index is 13.4. The van der Waals surface area contributed by atoms with Crippen LogP contribution in [0.4, 0.5) is 0 Å². The highest BCUT2D eigenvalue weighted by molar-refractivity contribution is 7.89. The molecule has 1 unspecified atom stereocenters. The number of H-pyrrole nitrogens is 1. The summed E-state index contributed by atoms with van der Waals surface area (Å²) in [5.41, 5.74) is 2.35. The maximum Gasteiger partial charge on any atom is 0.269 e. The third-order valence-corrected chi connectivity index (χ3v) is 8.42. The van der Waals surface area contributed by atoms with E-state index in [4.69, 9.17) is 0 Å². The number of aryl methyl sites for hydroxylation is 1. The second kappa shape index (κ2) is 9.71. The van der Waals surface area contributed by atoms with E-state index in [1.807, 2.05) is 60.7 Å². The van der Waals surface area contributed by atoms with Gasteiger partial charge in [0.1, 0.15) is 5.69 Å². The predicted molar refractivity (Wildman–Crippen MR) is 136 cm³/mol. The molecule has 0 saturated carbocycles. The number of carbonyl (C=O) groups is 1. The average Bonchev–Trinajstić information content (AvgIpc) is 3.59. The lowest BCUT2D eigenvalue weighted by Crippen LogP contribution is -2.53. The van der Waals surface area contributed by atoms with Crippen molar-refractivity contribution in [1.82, 2.24) is 29.4 Å². The van der Waals surface area contributed by atoms with Gasteiger partial charge in [-0.2, -0.15) is 9.40 Å². The molecule has 9 nitrogen and oxygen atoms in total. The van der Waals surface area contributed by atoms with Crippen LogP contribution in [-0.2, 0) is 22.5 Å². The smallest absolute Gasteiger partial charge is 0.269 e. The summed E-state index contributed by atoms with van der Waals surface area (Å²) in [5, 5.41) is 10.2. The van der Waals surface area contributed by atoms with Crippen LogP contribution in [0.2, 0.25) is 0 Å². The SMILES string of the molecule is Cn1cnc(S(=O)(=O)N2CCCC(CNC(=O)c3cc(-c4ccccc4)n[nH]3)(c3ccccc3)C2)c1. The van der Waals surface area contributed by atoms with E-state index in [1.54, 1.807) is 17.7 Å². The summed E-state index contributed by atoms with van der Waals surface area (Å²) in [6.45, 7) is 0.931. The number of piperidine rings is 1. The van der Waals surface area contributed by atoms with Gasteiger partial charge < -0.3 is 9.88 Å². The zero-order valence-electron chi connectivity index (χ0n) is 20.0. The van der Waals surface area contributed by atoms with Crippen LogP contribution in [0, 0.1) is 0 Å². The van der Waals surface area contributed by atoms with Gasteiger partial charge in [0.25, 0.3) is 15.9 Å². The number of aromatic nitrogens is 4. The Labute approximate surface area is 210 Å². The quantitative estimate of drug-likeness (QED) is 0.402. The Balaban J connectivity index is 1.39. The van der Waals surface area contributed by atoms with E-state index in [1.165, 1.54) is 16.8 Å². The molecule has 0 spiro atoms. The van der Waals surface area contributed by atoms with Gasteiger partial charge in [-0.15, -0.1) is 0 Å². The topological polar surface area (TPSA) is 113 Å². The lowest BCUT2D eigenvalue weighted by molar-refractivity contribution is 0.0927. The van der Waals surface area contributed by atoms with Crippen LogP contribution in [0.15, 0.2) is 84.3 Å². The van der Waals surface area contributed by atoms with Crippen molar-refractivity contribution in [2.45, 2.75) is 23.3 Å². The fraction of sp³-hybridized carbons (Fsp3) is 0.269. The highest BCUT2D eigenvalue weighted by Crippen LogP contribution is 2.36. The van der Waals surface area contributed by atoms with Crippen LogP contribution >= 0.6 is 0 Å². The third kappa shape index (κ3) is 4.69. The first-order chi connectivity index (χ1) is 17.4. The molecule has 1 saturated heterocycles. The molecule has 4 aromatic rings. The van der Waals surface area contributed by atoms with Gasteiger partial charge in [0.15, 0.2) is 5.03 Å². The Hall–Kier alpha value is -3.76. The second-order valence-corrected chi connectivity index (χ2v) is 11.1. The molecule has 1 amide bonds. The van der Waals surface area contributed by atoms with E-state index in [-0.39, 0.29) is 24.0 Å². The molecular weight excluding hydrogens is 476 g/mol. The lowest BCUT2D eigenvalue weighted by atomic mass is 9.74. The molecule has 0 aliphatic carbocycles. The normalized spacial score (nSPS) is 18.7. The van der Waals surface area contributed by atoms with E-state index >= 15 is 0 Å². The van der Waals surface area contributed by atoms with Crippen molar-refractivity contribution in [1.29, 1.82) is 0 Å². The minimum atomic E-state index is -3.77. The van der Waals surface area contributed by atoms with Gasteiger partial charge in [0.05, 0.1) is 12.0 Å². The average molecular weight is 505 g/mol. The fourth-order valence-electron chi connectivity index (χ4n) is 4.76. The fourth-order valence-corrected chi connectivity index (χ4v) is 6.29. The number of nitrogens with one attached hydrogen (secondary N) is 2. The number of nitrogens with zero attached hydrogens (tertiary/aromatic N) is 4. The van der Waals surface area contributed by atoms with Crippen molar-refractivity contribution in [2.24, 2.45) is 7.05 Å². The summed E-state index contributed by atoms with van der Waals surface area (Å²) < 4.78 is 29.8. The van der Waals surface area contributed by atoms with E-state index in [0.717, 1.165) is 17.5 Å². The molecule has 1 fully saturated rings. The highest BCUT2D eigenvalue weighted by atomic mass is 32.2. The molecular formula is C26H28N6O3S. The first-order valence-electron chi connectivity index (χ1n) is 11.8. The Bertz CT molecular complexity index is 1450. The molecule has 0 bridgehead atoms. The number of rotatable bonds is 7. The summed E-state index contributed by atoms with van der Waals surface area (Å²) in [4.78, 5) is 17.2. The van der Waals surface area contributed by atoms with Crippen molar-refractivity contribution in [2.75, 3.05) is 19.6 Å². The molecule has 2 N–H and O–H groups in total. The summed E-state index contributed by atoms with van der Waals surface area (Å²) in [6.07, 6.45) is 4.40. The van der Waals surface area contributed by atoms with Gasteiger partial charge in [-0.3, -0.25) is 9.89 Å². The lowest BCUT2D eigenvalue weighted by Gasteiger charge is -2.42.